The Morgan fingerprint density at radius 1 is 1.47 bits per heavy atom. The van der Waals surface area contributed by atoms with E-state index in [2.05, 4.69) is 6.07 Å². The molecule has 0 unspecified atom stereocenters. The lowest BCUT2D eigenvalue weighted by Gasteiger charge is -2.25. The minimum Gasteiger partial charge on any atom is -0.494 e. The summed E-state index contributed by atoms with van der Waals surface area (Å²) < 4.78 is 5.47. The molecule has 0 spiro atoms. The van der Waals surface area contributed by atoms with Crippen LogP contribution in [-0.4, -0.2) is 11.9 Å². The van der Waals surface area contributed by atoms with Gasteiger partial charge >= 0.3 is 0 Å². The van der Waals surface area contributed by atoms with Gasteiger partial charge in [-0.1, -0.05) is 6.42 Å². The molecule has 1 fully saturated rings. The highest BCUT2D eigenvalue weighted by Gasteiger charge is 2.19. The Kier molecular flexibility index (Phi) is 3.41. The zero-order chi connectivity index (χ0) is 10.7. The first kappa shape index (κ1) is 10.7. The van der Waals surface area contributed by atoms with Gasteiger partial charge in [-0.05, 0) is 38.0 Å². The van der Waals surface area contributed by atoms with Crippen LogP contribution in [0.4, 0.5) is 5.69 Å². The van der Waals surface area contributed by atoms with E-state index in [1.54, 1.807) is 0 Å². The fraction of sp³-hybridized carbons (Fsp3) is 0.500. The fourth-order valence-corrected chi connectivity index (χ4v) is 2.86. The van der Waals surface area contributed by atoms with Gasteiger partial charge in [0.1, 0.15) is 5.75 Å². The molecule has 0 aliphatic heterocycles. The zero-order valence-electron chi connectivity index (χ0n) is 9.03. The molecule has 2 N–H and O–H groups in total. The van der Waals surface area contributed by atoms with E-state index in [9.17, 15) is 0 Å². The van der Waals surface area contributed by atoms with Crippen LogP contribution < -0.4 is 10.5 Å². The highest BCUT2D eigenvalue weighted by Crippen LogP contribution is 2.39. The minimum atomic E-state index is 0.706. The largest absolute Gasteiger partial charge is 0.494 e. The molecule has 2 nitrogen and oxygen atoms in total. The molecule has 0 aromatic heterocycles. The predicted molar refractivity (Wildman–Crippen MR) is 65.5 cm³/mol. The monoisotopic (exact) mass is 223 g/mol. The van der Waals surface area contributed by atoms with Crippen molar-refractivity contribution in [2.24, 2.45) is 0 Å². The summed E-state index contributed by atoms with van der Waals surface area (Å²) in [4.78, 5) is 1.17. The van der Waals surface area contributed by atoms with E-state index in [4.69, 9.17) is 10.5 Å². The second-order valence-electron chi connectivity index (χ2n) is 3.80. The molecule has 0 amide bonds. The van der Waals surface area contributed by atoms with Crippen LogP contribution in [-0.2, 0) is 0 Å². The number of nitrogens with two attached hydrogens (primary N) is 1. The minimum absolute atomic E-state index is 0.706. The standard InChI is InChI=1S/C12H17NOS/c1-2-14-9-6-7-11(13)12(8-9)15-10-4-3-5-10/h6-8,10H,2-5,13H2,1H3. The Morgan fingerprint density at radius 3 is 2.87 bits per heavy atom. The normalized spacial score (nSPS) is 16.1. The first-order chi connectivity index (χ1) is 7.29. The van der Waals surface area contributed by atoms with Crippen molar-refractivity contribution < 1.29 is 4.74 Å². The van der Waals surface area contributed by atoms with Crippen LogP contribution in [0.25, 0.3) is 0 Å². The average Bonchev–Trinajstić information content (AvgIpc) is 2.16. The van der Waals surface area contributed by atoms with Crippen LogP contribution in [0.2, 0.25) is 0 Å². The van der Waals surface area contributed by atoms with Gasteiger partial charge in [-0.2, -0.15) is 0 Å². The number of nitrogen functional groups attached to an aromatic ring is 1. The van der Waals surface area contributed by atoms with Crippen molar-refractivity contribution in [1.29, 1.82) is 0 Å². The van der Waals surface area contributed by atoms with Crippen LogP contribution in [0.15, 0.2) is 23.1 Å². The topological polar surface area (TPSA) is 35.2 Å². The van der Waals surface area contributed by atoms with Gasteiger partial charge in [0, 0.05) is 15.8 Å². The highest BCUT2D eigenvalue weighted by atomic mass is 32.2. The molecule has 0 saturated heterocycles. The van der Waals surface area contributed by atoms with E-state index >= 15 is 0 Å². The Morgan fingerprint density at radius 2 is 2.27 bits per heavy atom. The zero-order valence-corrected chi connectivity index (χ0v) is 9.85. The van der Waals surface area contributed by atoms with Crippen molar-refractivity contribution in [3.8, 4) is 5.75 Å². The van der Waals surface area contributed by atoms with E-state index in [1.807, 2.05) is 30.8 Å². The van der Waals surface area contributed by atoms with Crippen LogP contribution >= 0.6 is 11.8 Å². The third-order valence-electron chi connectivity index (χ3n) is 2.64. The molecule has 0 atom stereocenters. The smallest absolute Gasteiger partial charge is 0.120 e. The molecule has 1 aromatic carbocycles. The van der Waals surface area contributed by atoms with E-state index in [0.29, 0.717) is 6.61 Å². The van der Waals surface area contributed by atoms with Crippen LogP contribution in [0.5, 0.6) is 5.75 Å². The third kappa shape index (κ3) is 2.59. The Balaban J connectivity index is 2.08. The number of ether oxygens (including phenoxy) is 1. The van der Waals surface area contributed by atoms with Crippen molar-refractivity contribution in [1.82, 2.24) is 0 Å². The number of anilines is 1. The first-order valence-corrected chi connectivity index (χ1v) is 6.36. The number of rotatable bonds is 4. The summed E-state index contributed by atoms with van der Waals surface area (Å²) in [7, 11) is 0. The Labute approximate surface area is 95.2 Å². The van der Waals surface area contributed by atoms with E-state index in [-0.39, 0.29) is 0 Å². The van der Waals surface area contributed by atoms with Gasteiger partial charge in [0.05, 0.1) is 6.61 Å². The number of benzene rings is 1. The third-order valence-corrected chi connectivity index (χ3v) is 4.05. The maximum atomic E-state index is 5.94. The van der Waals surface area contributed by atoms with Gasteiger partial charge < -0.3 is 10.5 Å². The van der Waals surface area contributed by atoms with Gasteiger partial charge in [0.25, 0.3) is 0 Å². The Hall–Kier alpha value is -0.830. The average molecular weight is 223 g/mol. The summed E-state index contributed by atoms with van der Waals surface area (Å²) in [6.07, 6.45) is 4.01. The molecule has 82 valence electrons. The lowest BCUT2D eigenvalue weighted by Crippen LogP contribution is -2.13. The lowest BCUT2D eigenvalue weighted by molar-refractivity contribution is 0.339. The van der Waals surface area contributed by atoms with E-state index in [1.165, 1.54) is 24.2 Å². The molecular formula is C12H17NOS. The van der Waals surface area contributed by atoms with Gasteiger partial charge in [0.15, 0.2) is 0 Å². The number of hydrogen-bond acceptors (Lipinski definition) is 3. The maximum absolute atomic E-state index is 5.94. The summed E-state index contributed by atoms with van der Waals surface area (Å²) in [6.45, 7) is 2.70. The lowest BCUT2D eigenvalue weighted by atomic mass is 10.00. The van der Waals surface area contributed by atoms with Gasteiger partial charge in [-0.3, -0.25) is 0 Å². The molecule has 3 heteroatoms. The van der Waals surface area contributed by atoms with E-state index < -0.39 is 0 Å². The molecule has 2 rings (SSSR count). The van der Waals surface area contributed by atoms with Crippen molar-refractivity contribution in [2.75, 3.05) is 12.3 Å². The molecule has 1 aliphatic carbocycles. The first-order valence-electron chi connectivity index (χ1n) is 5.48. The molecular weight excluding hydrogens is 206 g/mol. The summed E-state index contributed by atoms with van der Waals surface area (Å²) in [5.74, 6) is 0.925. The second-order valence-corrected chi connectivity index (χ2v) is 5.15. The van der Waals surface area contributed by atoms with Crippen molar-refractivity contribution in [2.45, 2.75) is 36.3 Å². The summed E-state index contributed by atoms with van der Waals surface area (Å²) in [6, 6.07) is 5.93. The van der Waals surface area contributed by atoms with Gasteiger partial charge in [-0.25, -0.2) is 0 Å². The SMILES string of the molecule is CCOc1ccc(N)c(SC2CCC2)c1. The summed E-state index contributed by atoms with van der Waals surface area (Å²) >= 11 is 1.89. The highest BCUT2D eigenvalue weighted by molar-refractivity contribution is 8.00. The molecule has 0 heterocycles. The molecule has 1 aliphatic rings. The molecule has 0 radical (unpaired) electrons. The Bertz CT molecular complexity index is 336. The fourth-order valence-electron chi connectivity index (χ4n) is 1.54. The molecule has 15 heavy (non-hydrogen) atoms. The second kappa shape index (κ2) is 4.79. The molecule has 1 saturated carbocycles. The number of thioether (sulfide) groups is 1. The predicted octanol–water partition coefficient (Wildman–Crippen LogP) is 3.31. The van der Waals surface area contributed by atoms with Gasteiger partial charge in [0.2, 0.25) is 0 Å². The van der Waals surface area contributed by atoms with E-state index in [0.717, 1.165) is 16.7 Å². The van der Waals surface area contributed by atoms with Crippen molar-refractivity contribution in [3.05, 3.63) is 18.2 Å². The molecule has 0 bridgehead atoms. The van der Waals surface area contributed by atoms with Crippen LogP contribution in [0.1, 0.15) is 26.2 Å². The molecule has 1 aromatic rings. The van der Waals surface area contributed by atoms with Crippen molar-refractivity contribution >= 4 is 17.4 Å². The maximum Gasteiger partial charge on any atom is 0.120 e. The van der Waals surface area contributed by atoms with Gasteiger partial charge in [-0.15, -0.1) is 11.8 Å². The number of hydrogen-bond donors (Lipinski definition) is 1. The quantitative estimate of drug-likeness (QED) is 0.795. The van der Waals surface area contributed by atoms with Crippen molar-refractivity contribution in [3.63, 3.8) is 0 Å². The summed E-state index contributed by atoms with van der Waals surface area (Å²) in [5, 5.41) is 0.768. The summed E-state index contributed by atoms with van der Waals surface area (Å²) in [5.41, 5.74) is 6.81. The van der Waals surface area contributed by atoms with Crippen LogP contribution in [0.3, 0.4) is 0 Å². The van der Waals surface area contributed by atoms with Crippen LogP contribution in [0, 0.1) is 0 Å².